The number of aromatic nitrogens is 2. The first-order valence-corrected chi connectivity index (χ1v) is 10.1. The molecule has 1 saturated heterocycles. The van der Waals surface area contributed by atoms with E-state index in [1.807, 2.05) is 12.1 Å². The first kappa shape index (κ1) is 17.7. The van der Waals surface area contributed by atoms with E-state index in [1.54, 1.807) is 4.57 Å². The first-order chi connectivity index (χ1) is 13.8. The van der Waals surface area contributed by atoms with Gasteiger partial charge in [0.05, 0.1) is 38.2 Å². The second-order valence-electron chi connectivity index (χ2n) is 7.73. The second kappa shape index (κ2) is 7.56. The molecule has 148 valence electrons. The number of anilines is 1. The maximum atomic E-state index is 12.5. The number of hydrogen-bond acceptors (Lipinski definition) is 6. The molecule has 0 bridgehead atoms. The van der Waals surface area contributed by atoms with Crippen LogP contribution in [0.2, 0.25) is 0 Å². The summed E-state index contributed by atoms with van der Waals surface area (Å²) in [5.41, 5.74) is 2.97. The normalized spacial score (nSPS) is 20.9. The third-order valence-corrected chi connectivity index (χ3v) is 5.55. The number of nitrogens with zero attached hydrogens (tertiary/aromatic N) is 2. The van der Waals surface area contributed by atoms with E-state index in [0.29, 0.717) is 38.7 Å². The van der Waals surface area contributed by atoms with Gasteiger partial charge in [0.15, 0.2) is 0 Å². The van der Waals surface area contributed by atoms with Crippen molar-refractivity contribution in [3.8, 4) is 17.0 Å². The monoisotopic (exact) mass is 383 g/mol. The number of hydrogen-bond donors (Lipinski definition) is 1. The van der Waals surface area contributed by atoms with Gasteiger partial charge in [0.25, 0.3) is 0 Å². The van der Waals surface area contributed by atoms with Crippen molar-refractivity contribution in [3.05, 3.63) is 40.3 Å². The summed E-state index contributed by atoms with van der Waals surface area (Å²) in [6.07, 6.45) is 3.35. The molecule has 1 atom stereocenters. The zero-order valence-electron chi connectivity index (χ0n) is 15.9. The zero-order chi connectivity index (χ0) is 18.9. The predicted molar refractivity (Wildman–Crippen MR) is 105 cm³/mol. The maximum absolute atomic E-state index is 12.5. The Balaban J connectivity index is 1.36. The fraction of sp³-hybridized carbons (Fsp3) is 0.524. The predicted octanol–water partition coefficient (Wildman–Crippen LogP) is 2.08. The Morgan fingerprint density at radius 3 is 3.00 bits per heavy atom. The largest absolute Gasteiger partial charge is 0.493 e. The summed E-state index contributed by atoms with van der Waals surface area (Å²) in [4.78, 5) is 16.7. The molecule has 2 aromatic rings. The van der Waals surface area contributed by atoms with Gasteiger partial charge in [-0.25, -0.2) is 4.79 Å². The van der Waals surface area contributed by atoms with E-state index in [0.717, 1.165) is 36.0 Å². The van der Waals surface area contributed by atoms with E-state index in [4.69, 9.17) is 14.2 Å². The van der Waals surface area contributed by atoms with Crippen molar-refractivity contribution < 1.29 is 14.2 Å². The minimum Gasteiger partial charge on any atom is -0.493 e. The van der Waals surface area contributed by atoms with E-state index in [9.17, 15) is 4.79 Å². The molecule has 0 amide bonds. The maximum Gasteiger partial charge on any atom is 0.349 e. The molecule has 1 aromatic heterocycles. The van der Waals surface area contributed by atoms with E-state index in [-0.39, 0.29) is 11.8 Å². The number of rotatable bonds is 6. The van der Waals surface area contributed by atoms with Gasteiger partial charge in [-0.05, 0) is 48.9 Å². The molecule has 0 spiro atoms. The van der Waals surface area contributed by atoms with Gasteiger partial charge in [0, 0.05) is 24.7 Å². The van der Waals surface area contributed by atoms with Gasteiger partial charge >= 0.3 is 5.69 Å². The van der Waals surface area contributed by atoms with Gasteiger partial charge in [-0.2, -0.15) is 4.98 Å². The van der Waals surface area contributed by atoms with Crippen molar-refractivity contribution in [2.24, 2.45) is 5.92 Å². The van der Waals surface area contributed by atoms with Crippen LogP contribution in [-0.4, -0.2) is 48.6 Å². The molecule has 2 aliphatic heterocycles. The van der Waals surface area contributed by atoms with Crippen molar-refractivity contribution in [1.29, 1.82) is 0 Å². The summed E-state index contributed by atoms with van der Waals surface area (Å²) in [6, 6.07) is 8.13. The van der Waals surface area contributed by atoms with Crippen LogP contribution in [0, 0.1) is 5.92 Å². The molecule has 2 fully saturated rings. The molecule has 1 saturated carbocycles. The standard InChI is InChI=1S/C21H25N3O4/c25-21-23-20(22-11-17-13-26-7-8-27-17)10-19-18-4-3-16(28-12-14-1-2-14)9-15(18)5-6-24(19)21/h3-4,9-10,14,17H,1-2,5-8,11-13H2,(H,22,23,25)/t17-/m1/s1. The zero-order valence-corrected chi connectivity index (χ0v) is 15.9. The van der Waals surface area contributed by atoms with Crippen molar-refractivity contribution in [2.75, 3.05) is 38.3 Å². The highest BCUT2D eigenvalue weighted by molar-refractivity contribution is 5.69. The lowest BCUT2D eigenvalue weighted by Crippen LogP contribution is -2.35. The van der Waals surface area contributed by atoms with Crippen LogP contribution in [0.3, 0.4) is 0 Å². The minimum atomic E-state index is -0.222. The number of benzene rings is 1. The van der Waals surface area contributed by atoms with E-state index < -0.39 is 0 Å². The molecule has 3 aliphatic rings. The quantitative estimate of drug-likeness (QED) is 0.823. The van der Waals surface area contributed by atoms with Crippen LogP contribution in [0.4, 0.5) is 5.82 Å². The lowest BCUT2D eigenvalue weighted by atomic mass is 9.97. The van der Waals surface area contributed by atoms with Gasteiger partial charge in [-0.15, -0.1) is 0 Å². The molecule has 7 nitrogen and oxygen atoms in total. The Labute approximate surface area is 163 Å². The van der Waals surface area contributed by atoms with Gasteiger partial charge in [0.1, 0.15) is 11.6 Å². The first-order valence-electron chi connectivity index (χ1n) is 10.1. The summed E-state index contributed by atoms with van der Waals surface area (Å²) in [7, 11) is 0. The van der Waals surface area contributed by atoms with Crippen LogP contribution < -0.4 is 15.7 Å². The Morgan fingerprint density at radius 2 is 2.18 bits per heavy atom. The number of nitrogens with one attached hydrogen (secondary N) is 1. The highest BCUT2D eigenvalue weighted by Gasteiger charge is 2.23. The lowest BCUT2D eigenvalue weighted by Gasteiger charge is -2.25. The van der Waals surface area contributed by atoms with Gasteiger partial charge < -0.3 is 19.5 Å². The minimum absolute atomic E-state index is 0.0206. The van der Waals surface area contributed by atoms with Gasteiger partial charge in [-0.1, -0.05) is 0 Å². The molecule has 1 N–H and O–H groups in total. The molecular weight excluding hydrogens is 358 g/mol. The van der Waals surface area contributed by atoms with Crippen molar-refractivity contribution >= 4 is 5.82 Å². The van der Waals surface area contributed by atoms with Gasteiger partial charge in [0.2, 0.25) is 0 Å². The van der Waals surface area contributed by atoms with E-state index in [2.05, 4.69) is 22.4 Å². The van der Waals surface area contributed by atoms with Crippen LogP contribution in [0.15, 0.2) is 29.1 Å². The Hall–Kier alpha value is -2.38. The Kier molecular flexibility index (Phi) is 4.78. The Morgan fingerprint density at radius 1 is 1.25 bits per heavy atom. The fourth-order valence-electron chi connectivity index (χ4n) is 3.76. The van der Waals surface area contributed by atoms with Crippen LogP contribution in [0.1, 0.15) is 18.4 Å². The SMILES string of the molecule is O=c1nc(NC[C@@H]2COCCO2)cc2n1CCc1cc(OCC3CC3)ccc1-2. The molecule has 3 heterocycles. The van der Waals surface area contributed by atoms with Crippen molar-refractivity contribution in [2.45, 2.75) is 31.9 Å². The molecular formula is C21H25N3O4. The molecule has 1 aromatic carbocycles. The highest BCUT2D eigenvalue weighted by Crippen LogP contribution is 2.33. The molecule has 7 heteroatoms. The lowest BCUT2D eigenvalue weighted by molar-refractivity contribution is -0.0819. The smallest absolute Gasteiger partial charge is 0.349 e. The van der Waals surface area contributed by atoms with Crippen LogP contribution in [0.25, 0.3) is 11.3 Å². The molecule has 1 aliphatic carbocycles. The Bertz CT molecular complexity index is 916. The average Bonchev–Trinajstić information content (AvgIpc) is 3.56. The third kappa shape index (κ3) is 3.77. The summed E-state index contributed by atoms with van der Waals surface area (Å²) >= 11 is 0. The molecule has 28 heavy (non-hydrogen) atoms. The van der Waals surface area contributed by atoms with Crippen molar-refractivity contribution in [1.82, 2.24) is 9.55 Å². The number of fused-ring (bicyclic) bond motifs is 3. The van der Waals surface area contributed by atoms with Crippen LogP contribution in [0.5, 0.6) is 5.75 Å². The summed E-state index contributed by atoms with van der Waals surface area (Å²) in [5, 5.41) is 3.23. The number of ether oxygens (including phenoxy) is 3. The molecule has 5 rings (SSSR count). The van der Waals surface area contributed by atoms with E-state index >= 15 is 0 Å². The second-order valence-corrected chi connectivity index (χ2v) is 7.73. The van der Waals surface area contributed by atoms with Crippen LogP contribution in [-0.2, 0) is 22.4 Å². The van der Waals surface area contributed by atoms with E-state index in [1.165, 1.54) is 18.4 Å². The third-order valence-electron chi connectivity index (χ3n) is 5.55. The highest BCUT2D eigenvalue weighted by atomic mass is 16.6. The van der Waals surface area contributed by atoms with Crippen LogP contribution >= 0.6 is 0 Å². The number of aryl methyl sites for hydroxylation is 1. The summed E-state index contributed by atoms with van der Waals surface area (Å²) < 4.78 is 18.7. The average molecular weight is 383 g/mol. The van der Waals surface area contributed by atoms with Crippen molar-refractivity contribution in [3.63, 3.8) is 0 Å². The molecule has 0 unspecified atom stereocenters. The summed E-state index contributed by atoms with van der Waals surface area (Å²) in [6.45, 7) is 3.81. The van der Waals surface area contributed by atoms with Gasteiger partial charge in [-0.3, -0.25) is 4.57 Å². The fourth-order valence-corrected chi connectivity index (χ4v) is 3.76. The summed E-state index contributed by atoms with van der Waals surface area (Å²) in [5.74, 6) is 2.23. The molecule has 0 radical (unpaired) electrons. The topological polar surface area (TPSA) is 74.6 Å².